The van der Waals surface area contributed by atoms with E-state index in [0.717, 1.165) is 0 Å². The molecule has 0 unspecified atom stereocenters. The fraction of sp³-hybridized carbons (Fsp3) is 1.00. The van der Waals surface area contributed by atoms with Crippen LogP contribution >= 0.6 is 0 Å². The highest BCUT2D eigenvalue weighted by Gasteiger charge is 2.30. The van der Waals surface area contributed by atoms with Crippen molar-refractivity contribution >= 4 is 0 Å². The van der Waals surface area contributed by atoms with E-state index in [1.165, 1.54) is 0 Å². The van der Waals surface area contributed by atoms with Gasteiger partial charge in [-0.05, 0) is 12.8 Å². The van der Waals surface area contributed by atoms with Crippen LogP contribution in [0, 0.1) is 0 Å². The van der Waals surface area contributed by atoms with E-state index in [4.69, 9.17) is 14.9 Å². The van der Waals surface area contributed by atoms with E-state index < -0.39 is 18.2 Å². The number of hydrogen-bond acceptors (Lipinski definition) is 3. The second-order valence-electron chi connectivity index (χ2n) is 3.82. The zero-order valence-electron chi connectivity index (χ0n) is 9.39. The minimum Gasteiger partial charge on any atom is -0.393 e. The largest absolute Gasteiger partial charge is 0.393 e. The Morgan fingerprint density at radius 2 is 1.62 bits per heavy atom. The predicted octanol–water partition coefficient (Wildman–Crippen LogP) is 1.87. The first kappa shape index (κ1) is 15.7. The topological polar surface area (TPSA) is 49.7 Å². The summed E-state index contributed by atoms with van der Waals surface area (Å²) in [5, 5.41) is 18.1. The molecule has 6 heteroatoms. The first-order chi connectivity index (χ1) is 7.39. The smallest absolute Gasteiger partial charge is 0.389 e. The highest BCUT2D eigenvalue weighted by molar-refractivity contribution is 4.78. The fourth-order valence-electron chi connectivity index (χ4n) is 1.39. The van der Waals surface area contributed by atoms with Crippen LogP contribution in [0.4, 0.5) is 13.2 Å². The molecule has 0 rings (SSSR count). The quantitative estimate of drug-likeness (QED) is 0.641. The van der Waals surface area contributed by atoms with Crippen molar-refractivity contribution in [1.29, 1.82) is 0 Å². The molecule has 0 spiro atoms. The van der Waals surface area contributed by atoms with Crippen molar-refractivity contribution in [3.8, 4) is 0 Å². The lowest BCUT2D eigenvalue weighted by Gasteiger charge is -2.29. The molecule has 0 amide bonds. The number of rotatable bonds is 8. The number of aliphatic hydroxyl groups is 2. The molecule has 0 bridgehead atoms. The van der Waals surface area contributed by atoms with Gasteiger partial charge in [0.15, 0.2) is 0 Å². The molecule has 98 valence electrons. The summed E-state index contributed by atoms with van der Waals surface area (Å²) in [5.74, 6) is 0. The molecule has 0 aliphatic carbocycles. The van der Waals surface area contributed by atoms with Gasteiger partial charge < -0.3 is 14.9 Å². The minimum atomic E-state index is -4.19. The molecule has 3 nitrogen and oxygen atoms in total. The second-order valence-corrected chi connectivity index (χ2v) is 3.82. The van der Waals surface area contributed by atoms with Gasteiger partial charge in [-0.15, -0.1) is 0 Å². The van der Waals surface area contributed by atoms with Gasteiger partial charge >= 0.3 is 6.18 Å². The lowest BCUT2D eigenvalue weighted by molar-refractivity contribution is -0.149. The lowest BCUT2D eigenvalue weighted by atomic mass is 10.00. The molecule has 0 atom stereocenters. The summed E-state index contributed by atoms with van der Waals surface area (Å²) >= 11 is 0. The Morgan fingerprint density at radius 1 is 1.06 bits per heavy atom. The highest BCUT2D eigenvalue weighted by Crippen LogP contribution is 2.23. The molecule has 16 heavy (non-hydrogen) atoms. The van der Waals surface area contributed by atoms with Crippen LogP contribution in [0.3, 0.4) is 0 Å². The molecule has 0 aliphatic rings. The van der Waals surface area contributed by atoms with E-state index in [1.54, 1.807) is 0 Å². The van der Waals surface area contributed by atoms with Crippen molar-refractivity contribution in [2.24, 2.45) is 0 Å². The van der Waals surface area contributed by atoms with Crippen molar-refractivity contribution in [3.63, 3.8) is 0 Å². The molecule has 0 aromatic carbocycles. The van der Waals surface area contributed by atoms with Gasteiger partial charge in [-0.3, -0.25) is 0 Å². The first-order valence-electron chi connectivity index (χ1n) is 5.31. The van der Waals surface area contributed by atoms with Gasteiger partial charge in [0, 0.05) is 13.0 Å². The van der Waals surface area contributed by atoms with Crippen LogP contribution in [0.1, 0.15) is 32.6 Å². The van der Waals surface area contributed by atoms with E-state index in [-0.39, 0.29) is 26.2 Å². The zero-order chi connectivity index (χ0) is 12.7. The van der Waals surface area contributed by atoms with Gasteiger partial charge in [-0.1, -0.05) is 13.3 Å². The number of hydrogen-bond donors (Lipinski definition) is 2. The average Bonchev–Trinajstić information content (AvgIpc) is 2.21. The van der Waals surface area contributed by atoms with Gasteiger partial charge in [0.2, 0.25) is 0 Å². The van der Waals surface area contributed by atoms with Gasteiger partial charge in [0.05, 0.1) is 13.2 Å². The maximum absolute atomic E-state index is 11.8. The number of halogens is 3. The summed E-state index contributed by atoms with van der Waals surface area (Å²) in [6.45, 7) is 0.965. The molecule has 0 saturated heterocycles. The lowest BCUT2D eigenvalue weighted by Crippen LogP contribution is -2.41. The number of ether oxygens (including phenoxy) is 1. The molecule has 2 N–H and O–H groups in total. The van der Waals surface area contributed by atoms with Crippen LogP contribution in [-0.4, -0.2) is 41.8 Å². The molecule has 0 saturated carbocycles. The fourth-order valence-corrected chi connectivity index (χ4v) is 1.39. The van der Waals surface area contributed by atoms with Crippen molar-refractivity contribution < 1.29 is 28.1 Å². The highest BCUT2D eigenvalue weighted by atomic mass is 19.4. The Hall–Kier alpha value is -0.330. The minimum absolute atomic E-state index is 0.110. The Balaban J connectivity index is 3.93. The third-order valence-corrected chi connectivity index (χ3v) is 2.29. The van der Waals surface area contributed by atoms with E-state index in [9.17, 15) is 13.2 Å². The molecule has 0 aliphatic heterocycles. The van der Waals surface area contributed by atoms with E-state index >= 15 is 0 Å². The summed E-state index contributed by atoms with van der Waals surface area (Å²) in [7, 11) is 0. The van der Waals surface area contributed by atoms with Crippen LogP contribution in [-0.2, 0) is 4.74 Å². The summed E-state index contributed by atoms with van der Waals surface area (Å²) in [6.07, 6.45) is -4.15. The molecule has 0 aromatic rings. The number of aliphatic hydroxyl groups excluding tert-OH is 2. The van der Waals surface area contributed by atoms with Crippen molar-refractivity contribution in [2.75, 3.05) is 19.8 Å². The van der Waals surface area contributed by atoms with Crippen molar-refractivity contribution in [2.45, 2.75) is 44.4 Å². The van der Waals surface area contributed by atoms with E-state index in [0.29, 0.717) is 12.8 Å². The molecule has 0 fully saturated rings. The summed E-state index contributed by atoms with van der Waals surface area (Å²) in [6, 6.07) is 0. The summed E-state index contributed by atoms with van der Waals surface area (Å²) in [4.78, 5) is 0. The van der Waals surface area contributed by atoms with Crippen molar-refractivity contribution in [3.05, 3.63) is 0 Å². The van der Waals surface area contributed by atoms with Crippen LogP contribution in [0.2, 0.25) is 0 Å². The van der Waals surface area contributed by atoms with Crippen LogP contribution in [0.25, 0.3) is 0 Å². The Kier molecular flexibility index (Phi) is 6.94. The maximum atomic E-state index is 11.8. The van der Waals surface area contributed by atoms with E-state index in [2.05, 4.69) is 0 Å². The zero-order valence-corrected chi connectivity index (χ0v) is 9.39. The molecular formula is C10H19F3O3. The average molecular weight is 244 g/mol. The third kappa shape index (κ3) is 6.30. The van der Waals surface area contributed by atoms with Gasteiger partial charge in [-0.25, -0.2) is 0 Å². The monoisotopic (exact) mass is 244 g/mol. The molecular weight excluding hydrogens is 225 g/mol. The Bertz CT molecular complexity index is 179. The summed E-state index contributed by atoms with van der Waals surface area (Å²) in [5.41, 5.74) is -1.10. The van der Waals surface area contributed by atoms with Crippen LogP contribution in [0.5, 0.6) is 0 Å². The van der Waals surface area contributed by atoms with Gasteiger partial charge in [0.1, 0.15) is 5.60 Å². The normalized spacial score (nSPS) is 13.1. The molecule has 0 aromatic heterocycles. The SMILES string of the molecule is CCCC(CO)(CO)OCCCC(F)(F)F. The van der Waals surface area contributed by atoms with Crippen molar-refractivity contribution in [1.82, 2.24) is 0 Å². The summed E-state index contributed by atoms with van der Waals surface area (Å²) < 4.78 is 40.7. The first-order valence-corrected chi connectivity index (χ1v) is 5.31. The van der Waals surface area contributed by atoms with E-state index in [1.807, 2.05) is 6.92 Å². The van der Waals surface area contributed by atoms with Crippen LogP contribution < -0.4 is 0 Å². The second kappa shape index (κ2) is 7.09. The Labute approximate surface area is 93.2 Å². The molecule has 0 radical (unpaired) electrons. The number of alkyl halides is 3. The van der Waals surface area contributed by atoms with Crippen LogP contribution in [0.15, 0.2) is 0 Å². The van der Waals surface area contributed by atoms with Gasteiger partial charge in [-0.2, -0.15) is 13.2 Å². The van der Waals surface area contributed by atoms with Gasteiger partial charge in [0.25, 0.3) is 0 Å². The maximum Gasteiger partial charge on any atom is 0.389 e. The molecule has 0 heterocycles. The standard InChI is InChI=1S/C10H19F3O3/c1-2-4-9(7-14,8-15)16-6-3-5-10(11,12)13/h14-15H,2-8H2,1H3. The predicted molar refractivity (Wildman–Crippen MR) is 53.1 cm³/mol. The third-order valence-electron chi connectivity index (χ3n) is 2.29. The Morgan fingerprint density at radius 3 is 2.00 bits per heavy atom.